The summed E-state index contributed by atoms with van der Waals surface area (Å²) in [5.74, 6) is -0.864. The van der Waals surface area contributed by atoms with Gasteiger partial charge < -0.3 is 14.2 Å². The van der Waals surface area contributed by atoms with E-state index in [9.17, 15) is 14.4 Å². The van der Waals surface area contributed by atoms with E-state index in [1.54, 1.807) is 0 Å². The molecule has 0 saturated carbocycles. The van der Waals surface area contributed by atoms with E-state index in [4.69, 9.17) is 14.2 Å². The van der Waals surface area contributed by atoms with Gasteiger partial charge in [0.25, 0.3) is 0 Å². The maximum Gasteiger partial charge on any atom is 0.306 e. The summed E-state index contributed by atoms with van der Waals surface area (Å²) >= 11 is 0. The molecule has 0 rings (SSSR count). The Morgan fingerprint density at radius 2 is 0.468 bits per heavy atom. The summed E-state index contributed by atoms with van der Waals surface area (Å²) in [6, 6.07) is 0. The summed E-state index contributed by atoms with van der Waals surface area (Å²) in [5.41, 5.74) is 0. The molecular weight excluding hydrogens is 949 g/mol. The van der Waals surface area contributed by atoms with Crippen molar-refractivity contribution in [2.75, 3.05) is 13.2 Å². The highest BCUT2D eigenvalue weighted by Gasteiger charge is 2.19. The quantitative estimate of drug-likeness (QED) is 0.0261. The molecule has 0 aromatic carbocycles. The van der Waals surface area contributed by atoms with Gasteiger partial charge >= 0.3 is 17.9 Å². The van der Waals surface area contributed by atoms with E-state index in [2.05, 4.69) is 69.4 Å². The lowest BCUT2D eigenvalue weighted by Gasteiger charge is -2.18. The Kier molecular flexibility index (Phi) is 63.6. The van der Waals surface area contributed by atoms with Crippen molar-refractivity contribution in [1.82, 2.24) is 0 Å². The Morgan fingerprint density at radius 1 is 0.260 bits per heavy atom. The first-order valence-electron chi connectivity index (χ1n) is 34.1. The fraction of sp³-hybridized carbons (Fsp3) is 0.845. The zero-order chi connectivity index (χ0) is 55.7. The van der Waals surface area contributed by atoms with Crippen LogP contribution in [0.5, 0.6) is 0 Å². The van der Waals surface area contributed by atoms with Crippen LogP contribution in [0.4, 0.5) is 0 Å². The fourth-order valence-corrected chi connectivity index (χ4v) is 10.2. The first-order chi connectivity index (χ1) is 38.0. The van der Waals surface area contributed by atoms with Crippen molar-refractivity contribution in [2.24, 2.45) is 0 Å². The molecule has 77 heavy (non-hydrogen) atoms. The number of rotatable bonds is 63. The zero-order valence-electron chi connectivity index (χ0n) is 51.7. The summed E-state index contributed by atoms with van der Waals surface area (Å²) in [7, 11) is 0. The Bertz CT molecular complexity index is 1330. The average molecular weight is 1080 g/mol. The first-order valence-corrected chi connectivity index (χ1v) is 34.1. The van der Waals surface area contributed by atoms with Gasteiger partial charge in [-0.3, -0.25) is 14.4 Å². The molecule has 450 valence electrons. The topological polar surface area (TPSA) is 78.9 Å². The highest BCUT2D eigenvalue weighted by Crippen LogP contribution is 2.18. The number of unbranched alkanes of at least 4 members (excludes halogenated alkanes) is 44. The van der Waals surface area contributed by atoms with Crippen molar-refractivity contribution in [2.45, 2.75) is 374 Å². The van der Waals surface area contributed by atoms with Crippen molar-refractivity contribution < 1.29 is 28.6 Å². The summed E-state index contributed by atoms with van der Waals surface area (Å²) in [4.78, 5) is 38.0. The van der Waals surface area contributed by atoms with E-state index >= 15 is 0 Å². The van der Waals surface area contributed by atoms with Gasteiger partial charge in [0.1, 0.15) is 13.2 Å². The van der Waals surface area contributed by atoms with Crippen molar-refractivity contribution in [1.29, 1.82) is 0 Å². The standard InChI is InChI=1S/C71H130O6/c1-4-7-10-13-15-17-19-21-23-25-27-29-31-33-34-35-36-38-39-41-43-45-47-49-51-53-55-58-61-64-70(73)76-67-68(66-75-69(72)63-60-57-12-9-6-3)77-71(74)65-62-59-56-54-52-50-48-46-44-42-40-37-32-30-28-26-24-22-20-18-16-14-11-8-5-2/h19-22,25-28,68H,4-18,23-24,29-67H2,1-3H3/b21-19-,22-20-,27-25-,28-26-. The Labute approximate surface area is 479 Å². The fourth-order valence-electron chi connectivity index (χ4n) is 10.2. The van der Waals surface area contributed by atoms with E-state index in [1.165, 1.54) is 250 Å². The van der Waals surface area contributed by atoms with Gasteiger partial charge in [0.05, 0.1) is 0 Å². The van der Waals surface area contributed by atoms with E-state index in [0.29, 0.717) is 19.3 Å². The molecule has 0 aromatic rings. The number of hydrogen-bond donors (Lipinski definition) is 0. The van der Waals surface area contributed by atoms with Crippen LogP contribution in [0.15, 0.2) is 48.6 Å². The molecule has 1 unspecified atom stereocenters. The lowest BCUT2D eigenvalue weighted by Crippen LogP contribution is -2.30. The molecule has 0 fully saturated rings. The van der Waals surface area contributed by atoms with Gasteiger partial charge in [0, 0.05) is 19.3 Å². The number of esters is 3. The predicted molar refractivity (Wildman–Crippen MR) is 335 cm³/mol. The van der Waals surface area contributed by atoms with Gasteiger partial charge in [-0.05, 0) is 83.5 Å². The largest absolute Gasteiger partial charge is 0.462 e. The van der Waals surface area contributed by atoms with Gasteiger partial charge in [0.2, 0.25) is 0 Å². The lowest BCUT2D eigenvalue weighted by molar-refractivity contribution is -0.167. The van der Waals surface area contributed by atoms with Crippen molar-refractivity contribution in [3.8, 4) is 0 Å². The molecule has 0 bridgehead atoms. The van der Waals surface area contributed by atoms with Crippen LogP contribution in [0.1, 0.15) is 367 Å². The smallest absolute Gasteiger partial charge is 0.306 e. The highest BCUT2D eigenvalue weighted by atomic mass is 16.6. The SMILES string of the molecule is CCCCCCC/C=C\C/C=C\CCCCCCCCCCCCCCCCCCCC(=O)OCC(COC(=O)CCCCCCC)OC(=O)CCCCCCCCCCCCCCC/C=C\C/C=C\CCCCCCC. The van der Waals surface area contributed by atoms with Gasteiger partial charge in [-0.15, -0.1) is 0 Å². The molecule has 0 aromatic heterocycles. The second-order valence-corrected chi connectivity index (χ2v) is 23.1. The van der Waals surface area contributed by atoms with Gasteiger partial charge in [-0.2, -0.15) is 0 Å². The van der Waals surface area contributed by atoms with Gasteiger partial charge in [-0.25, -0.2) is 0 Å². The molecule has 0 heterocycles. The first kappa shape index (κ1) is 74.4. The summed E-state index contributed by atoms with van der Waals surface area (Å²) in [6.07, 6.45) is 83.3. The number of hydrogen-bond acceptors (Lipinski definition) is 6. The lowest BCUT2D eigenvalue weighted by atomic mass is 10.0. The third kappa shape index (κ3) is 64.1. The number of carbonyl (C=O) groups excluding carboxylic acids is 3. The molecule has 1 atom stereocenters. The number of allylic oxidation sites excluding steroid dienone is 8. The monoisotopic (exact) mass is 1080 g/mol. The van der Waals surface area contributed by atoms with Crippen molar-refractivity contribution in [3.05, 3.63) is 48.6 Å². The van der Waals surface area contributed by atoms with Crippen LogP contribution in [0.25, 0.3) is 0 Å². The molecule has 0 aliphatic rings. The van der Waals surface area contributed by atoms with Crippen LogP contribution < -0.4 is 0 Å². The second kappa shape index (κ2) is 65.9. The van der Waals surface area contributed by atoms with Crippen LogP contribution in [0, 0.1) is 0 Å². The zero-order valence-corrected chi connectivity index (χ0v) is 51.7. The number of ether oxygens (including phenoxy) is 3. The van der Waals surface area contributed by atoms with Crippen LogP contribution in [0.2, 0.25) is 0 Å². The van der Waals surface area contributed by atoms with Crippen LogP contribution in [-0.4, -0.2) is 37.2 Å². The summed E-state index contributed by atoms with van der Waals surface area (Å²) < 4.78 is 16.8. The molecule has 0 spiro atoms. The van der Waals surface area contributed by atoms with Crippen LogP contribution in [0.3, 0.4) is 0 Å². The predicted octanol–water partition coefficient (Wildman–Crippen LogP) is 23.3. The maximum atomic E-state index is 12.8. The third-order valence-corrected chi connectivity index (χ3v) is 15.3. The minimum Gasteiger partial charge on any atom is -0.462 e. The molecule has 0 aliphatic heterocycles. The van der Waals surface area contributed by atoms with Gasteiger partial charge in [-0.1, -0.05) is 313 Å². The third-order valence-electron chi connectivity index (χ3n) is 15.3. The summed E-state index contributed by atoms with van der Waals surface area (Å²) in [5, 5.41) is 0. The molecule has 0 saturated heterocycles. The minimum absolute atomic E-state index is 0.0695. The molecule has 6 heteroatoms. The average Bonchev–Trinajstić information content (AvgIpc) is 3.43. The number of carbonyl (C=O) groups is 3. The normalized spacial score (nSPS) is 12.3. The molecule has 6 nitrogen and oxygen atoms in total. The minimum atomic E-state index is -0.768. The molecule has 0 N–H and O–H groups in total. The highest BCUT2D eigenvalue weighted by molar-refractivity contribution is 5.71. The van der Waals surface area contributed by atoms with Crippen LogP contribution >= 0.6 is 0 Å². The second-order valence-electron chi connectivity index (χ2n) is 23.1. The van der Waals surface area contributed by atoms with E-state index in [-0.39, 0.29) is 31.1 Å². The van der Waals surface area contributed by atoms with Crippen molar-refractivity contribution in [3.63, 3.8) is 0 Å². The molecule has 0 radical (unpaired) electrons. The van der Waals surface area contributed by atoms with Crippen molar-refractivity contribution >= 4 is 17.9 Å². The van der Waals surface area contributed by atoms with Crippen LogP contribution in [-0.2, 0) is 28.6 Å². The molecule has 0 amide bonds. The Balaban J connectivity index is 3.96. The maximum absolute atomic E-state index is 12.8. The summed E-state index contributed by atoms with van der Waals surface area (Å²) in [6.45, 7) is 6.59. The van der Waals surface area contributed by atoms with E-state index in [0.717, 1.165) is 77.0 Å². The molecular formula is C71H130O6. The van der Waals surface area contributed by atoms with E-state index in [1.807, 2.05) is 0 Å². The molecule has 0 aliphatic carbocycles. The Hall–Kier alpha value is -2.63. The van der Waals surface area contributed by atoms with E-state index < -0.39 is 6.10 Å². The van der Waals surface area contributed by atoms with Gasteiger partial charge in [0.15, 0.2) is 6.10 Å². The Morgan fingerprint density at radius 3 is 0.714 bits per heavy atom.